The molecule has 5 rings (SSSR count). The van der Waals surface area contributed by atoms with Gasteiger partial charge in [0.25, 0.3) is 0 Å². The van der Waals surface area contributed by atoms with Gasteiger partial charge in [0.2, 0.25) is 5.91 Å². The summed E-state index contributed by atoms with van der Waals surface area (Å²) < 4.78 is 0. The fourth-order valence-corrected chi connectivity index (χ4v) is 3.90. The predicted molar refractivity (Wildman–Crippen MR) is 133 cm³/mol. The third-order valence-electron chi connectivity index (χ3n) is 5.57. The topological polar surface area (TPSA) is 54.9 Å². The van der Waals surface area contributed by atoms with E-state index >= 15 is 0 Å². The van der Waals surface area contributed by atoms with Crippen molar-refractivity contribution in [3.05, 3.63) is 126 Å². The van der Waals surface area contributed by atoms with Crippen LogP contribution in [0.5, 0.6) is 0 Å². The highest BCUT2D eigenvalue weighted by Crippen LogP contribution is 2.22. The van der Waals surface area contributed by atoms with Crippen LogP contribution in [-0.2, 0) is 17.6 Å². The molecule has 0 atom stereocenters. The van der Waals surface area contributed by atoms with Crippen molar-refractivity contribution in [1.82, 2.24) is 9.97 Å². The molecule has 160 valence electrons. The first kappa shape index (κ1) is 20.6. The third-order valence-corrected chi connectivity index (χ3v) is 5.57. The molecule has 0 saturated carbocycles. The van der Waals surface area contributed by atoms with Crippen LogP contribution >= 0.6 is 0 Å². The Morgan fingerprint density at radius 3 is 2.21 bits per heavy atom. The number of aromatic nitrogens is 2. The Kier molecular flexibility index (Phi) is 5.89. The van der Waals surface area contributed by atoms with Gasteiger partial charge >= 0.3 is 0 Å². The van der Waals surface area contributed by atoms with Gasteiger partial charge in [0.05, 0.1) is 24.0 Å². The number of hydrogen-bond donors (Lipinski definition) is 1. The van der Waals surface area contributed by atoms with E-state index < -0.39 is 0 Å². The summed E-state index contributed by atoms with van der Waals surface area (Å²) in [6.07, 6.45) is 2.58. The summed E-state index contributed by atoms with van der Waals surface area (Å²) in [5.74, 6) is 0.394. The van der Waals surface area contributed by atoms with E-state index in [4.69, 9.17) is 4.98 Å². The van der Waals surface area contributed by atoms with Gasteiger partial charge < -0.3 is 5.32 Å². The lowest BCUT2D eigenvalue weighted by Crippen LogP contribution is -2.17. The number of anilines is 1. The van der Waals surface area contributed by atoms with Crippen molar-refractivity contribution in [2.24, 2.45) is 0 Å². The van der Waals surface area contributed by atoms with E-state index in [1.807, 2.05) is 72.8 Å². The lowest BCUT2D eigenvalue weighted by atomic mass is 10.0. The molecule has 1 N–H and O–H groups in total. The molecule has 4 heteroatoms. The molecule has 33 heavy (non-hydrogen) atoms. The fraction of sp³-hybridized carbons (Fsp3) is 0.0690. The van der Waals surface area contributed by atoms with Gasteiger partial charge in [0.15, 0.2) is 5.82 Å². The summed E-state index contributed by atoms with van der Waals surface area (Å²) in [6, 6.07) is 34.3. The highest BCUT2D eigenvalue weighted by atomic mass is 16.1. The molecule has 0 fully saturated rings. The maximum Gasteiger partial charge on any atom is 0.229 e. The number of rotatable bonds is 6. The number of amides is 1. The van der Waals surface area contributed by atoms with Gasteiger partial charge in [0.1, 0.15) is 0 Å². The first-order valence-corrected chi connectivity index (χ1v) is 11.0. The zero-order valence-corrected chi connectivity index (χ0v) is 18.1. The summed E-state index contributed by atoms with van der Waals surface area (Å²) >= 11 is 0. The largest absolute Gasteiger partial charge is 0.309 e. The van der Waals surface area contributed by atoms with E-state index in [0.717, 1.165) is 38.9 Å². The van der Waals surface area contributed by atoms with Crippen molar-refractivity contribution in [1.29, 1.82) is 0 Å². The summed E-state index contributed by atoms with van der Waals surface area (Å²) in [6.45, 7) is 0. The van der Waals surface area contributed by atoms with Crippen molar-refractivity contribution >= 4 is 22.5 Å². The van der Waals surface area contributed by atoms with E-state index in [1.54, 1.807) is 6.20 Å². The van der Waals surface area contributed by atoms with Gasteiger partial charge in [-0.3, -0.25) is 4.79 Å². The van der Waals surface area contributed by atoms with Crippen molar-refractivity contribution < 1.29 is 4.79 Å². The Labute approximate surface area is 193 Å². The molecular weight excluding hydrogens is 406 g/mol. The molecule has 5 aromatic rings. The molecule has 0 spiro atoms. The van der Waals surface area contributed by atoms with Crippen LogP contribution in [0.1, 0.15) is 16.8 Å². The average Bonchev–Trinajstić information content (AvgIpc) is 2.86. The summed E-state index contributed by atoms with van der Waals surface area (Å²) in [7, 11) is 0. The van der Waals surface area contributed by atoms with Gasteiger partial charge in [-0.05, 0) is 21.9 Å². The maximum absolute atomic E-state index is 12.9. The molecule has 4 aromatic carbocycles. The molecule has 0 aliphatic heterocycles. The van der Waals surface area contributed by atoms with Gasteiger partial charge in [-0.2, -0.15) is 0 Å². The standard InChI is InChI=1S/C29H23N3O/c33-28(19-22-15-16-23-11-7-8-14-25(23)17-22)32-29-26(18-21-9-3-1-4-10-21)31-27(20-30-29)24-12-5-2-6-13-24/h1-17,20H,18-19H2,(H,30,32,33). The Morgan fingerprint density at radius 2 is 1.42 bits per heavy atom. The molecule has 0 aliphatic carbocycles. The van der Waals surface area contributed by atoms with E-state index in [2.05, 4.69) is 40.6 Å². The molecule has 0 unspecified atom stereocenters. The zero-order valence-electron chi connectivity index (χ0n) is 18.1. The molecule has 0 saturated heterocycles. The Bertz CT molecular complexity index is 1400. The van der Waals surface area contributed by atoms with Gasteiger partial charge in [0, 0.05) is 12.0 Å². The number of benzene rings is 4. The second-order valence-corrected chi connectivity index (χ2v) is 7.99. The number of nitrogens with one attached hydrogen (secondary N) is 1. The van der Waals surface area contributed by atoms with Crippen LogP contribution in [0.4, 0.5) is 5.82 Å². The monoisotopic (exact) mass is 429 g/mol. The Morgan fingerprint density at radius 1 is 0.727 bits per heavy atom. The van der Waals surface area contributed by atoms with E-state index in [9.17, 15) is 4.79 Å². The minimum absolute atomic E-state index is 0.110. The van der Waals surface area contributed by atoms with Crippen molar-refractivity contribution in [3.63, 3.8) is 0 Å². The molecule has 4 nitrogen and oxygen atoms in total. The minimum Gasteiger partial charge on any atom is -0.309 e. The van der Waals surface area contributed by atoms with Crippen LogP contribution in [0.3, 0.4) is 0 Å². The van der Waals surface area contributed by atoms with Crippen LogP contribution in [0, 0.1) is 0 Å². The summed E-state index contributed by atoms with van der Waals surface area (Å²) in [5, 5.41) is 5.28. The van der Waals surface area contributed by atoms with E-state index in [-0.39, 0.29) is 12.3 Å². The lowest BCUT2D eigenvalue weighted by Gasteiger charge is -2.12. The average molecular weight is 430 g/mol. The summed E-state index contributed by atoms with van der Waals surface area (Å²) in [5.41, 5.74) is 4.60. The van der Waals surface area contributed by atoms with Crippen molar-refractivity contribution in [2.75, 3.05) is 5.32 Å². The number of carbonyl (C=O) groups is 1. The van der Waals surface area contributed by atoms with E-state index in [0.29, 0.717) is 12.2 Å². The third kappa shape index (κ3) is 4.96. The maximum atomic E-state index is 12.9. The zero-order chi connectivity index (χ0) is 22.5. The SMILES string of the molecule is O=C(Cc1ccc2ccccc2c1)Nc1ncc(-c2ccccc2)nc1Cc1ccccc1. The number of nitrogens with zero attached hydrogens (tertiary/aromatic N) is 2. The predicted octanol–water partition coefficient (Wildman–Crippen LogP) is 6.07. The minimum atomic E-state index is -0.110. The van der Waals surface area contributed by atoms with Crippen LogP contribution in [0.2, 0.25) is 0 Å². The normalized spacial score (nSPS) is 10.8. The van der Waals surface area contributed by atoms with Crippen LogP contribution in [0.25, 0.3) is 22.0 Å². The molecule has 0 aliphatic rings. The Hall–Kier alpha value is -4.31. The number of hydrogen-bond acceptors (Lipinski definition) is 3. The number of carbonyl (C=O) groups excluding carboxylic acids is 1. The molecule has 1 heterocycles. The highest BCUT2D eigenvalue weighted by Gasteiger charge is 2.13. The fourth-order valence-electron chi connectivity index (χ4n) is 3.90. The smallest absolute Gasteiger partial charge is 0.229 e. The molecular formula is C29H23N3O. The molecule has 1 amide bonds. The highest BCUT2D eigenvalue weighted by molar-refractivity contribution is 5.93. The Balaban J connectivity index is 1.41. The number of fused-ring (bicyclic) bond motifs is 1. The second-order valence-electron chi connectivity index (χ2n) is 7.99. The van der Waals surface area contributed by atoms with Crippen LogP contribution < -0.4 is 5.32 Å². The van der Waals surface area contributed by atoms with Crippen molar-refractivity contribution in [2.45, 2.75) is 12.8 Å². The quantitative estimate of drug-likeness (QED) is 0.356. The first-order chi connectivity index (χ1) is 16.2. The summed E-state index contributed by atoms with van der Waals surface area (Å²) in [4.78, 5) is 22.3. The molecule has 1 aromatic heterocycles. The van der Waals surface area contributed by atoms with Crippen molar-refractivity contribution in [3.8, 4) is 11.3 Å². The van der Waals surface area contributed by atoms with Gasteiger partial charge in [-0.1, -0.05) is 103 Å². The van der Waals surface area contributed by atoms with Gasteiger partial charge in [-0.25, -0.2) is 9.97 Å². The first-order valence-electron chi connectivity index (χ1n) is 11.0. The second kappa shape index (κ2) is 9.45. The van der Waals surface area contributed by atoms with Gasteiger partial charge in [-0.15, -0.1) is 0 Å². The van der Waals surface area contributed by atoms with Crippen LogP contribution in [0.15, 0.2) is 109 Å². The van der Waals surface area contributed by atoms with E-state index in [1.165, 1.54) is 0 Å². The molecule has 0 radical (unpaired) electrons. The lowest BCUT2D eigenvalue weighted by molar-refractivity contribution is -0.115. The van der Waals surface area contributed by atoms with Crippen LogP contribution in [-0.4, -0.2) is 15.9 Å². The molecule has 0 bridgehead atoms.